The van der Waals surface area contributed by atoms with Crippen molar-refractivity contribution in [1.29, 1.82) is 0 Å². The van der Waals surface area contributed by atoms with Gasteiger partial charge in [-0.1, -0.05) is 30.3 Å². The highest BCUT2D eigenvalue weighted by molar-refractivity contribution is 6.27. The molecule has 40 heavy (non-hydrogen) atoms. The number of hydrogen-bond acceptors (Lipinski definition) is 7. The number of ether oxygens (including phenoxy) is 3. The molecule has 1 atom stereocenters. The van der Waals surface area contributed by atoms with Crippen LogP contribution in [0.5, 0.6) is 17.2 Å². The van der Waals surface area contributed by atoms with Gasteiger partial charge in [-0.3, -0.25) is 9.69 Å². The van der Waals surface area contributed by atoms with E-state index in [9.17, 15) is 4.79 Å². The number of benzene rings is 2. The molecule has 1 amide bonds. The molecule has 2 aromatic rings. The molecule has 2 aliphatic rings. The molecular formula is C30H40N2O8. The minimum atomic E-state index is -1.82. The number of methoxy groups -OCH3 is 3. The average Bonchev–Trinajstić information content (AvgIpc) is 2.98. The summed E-state index contributed by atoms with van der Waals surface area (Å²) in [5.74, 6) is -0.428. The Balaban J connectivity index is 0.000000663. The second-order valence-corrected chi connectivity index (χ2v) is 10.2. The third-order valence-electron chi connectivity index (χ3n) is 7.51. The lowest BCUT2D eigenvalue weighted by molar-refractivity contribution is -0.159. The summed E-state index contributed by atoms with van der Waals surface area (Å²) in [6.07, 6.45) is 5.33. The Bertz CT molecular complexity index is 1120. The Morgan fingerprint density at radius 1 is 0.825 bits per heavy atom. The highest BCUT2D eigenvalue weighted by atomic mass is 16.5. The van der Waals surface area contributed by atoms with Crippen LogP contribution in [0.3, 0.4) is 0 Å². The van der Waals surface area contributed by atoms with Crippen molar-refractivity contribution in [2.24, 2.45) is 11.8 Å². The van der Waals surface area contributed by atoms with Gasteiger partial charge < -0.3 is 29.3 Å². The molecule has 2 N–H and O–H groups in total. The van der Waals surface area contributed by atoms with Crippen LogP contribution in [0.1, 0.15) is 36.8 Å². The monoisotopic (exact) mass is 556 g/mol. The SMILES string of the molecule is COc1cc(OC)c(OC)cc1CN1CCCC(C(=O)N2CCC(Cc3ccccc3)CC2)C1.O=C(O)C(=O)O. The molecule has 1 unspecified atom stereocenters. The lowest BCUT2D eigenvalue weighted by Gasteiger charge is -2.38. The molecule has 2 saturated heterocycles. The Kier molecular flexibility index (Phi) is 11.6. The topological polar surface area (TPSA) is 126 Å². The van der Waals surface area contributed by atoms with Crippen molar-refractivity contribution < 1.29 is 38.8 Å². The standard InChI is InChI=1S/C28H38N2O4.C2H2O4/c1-32-25-18-27(34-3)26(33-2)17-24(25)20-29-13-7-10-23(19-29)28(31)30-14-11-22(12-15-30)16-21-8-5-4-6-9-21;3-1(4)2(5)6/h4-6,8-9,17-18,22-23H,7,10-16,19-20H2,1-3H3;(H,3,4)(H,5,6). The maximum absolute atomic E-state index is 13.4. The van der Waals surface area contributed by atoms with Gasteiger partial charge in [-0.05, 0) is 56.2 Å². The quantitative estimate of drug-likeness (QED) is 0.470. The van der Waals surface area contributed by atoms with Crippen LogP contribution in [-0.4, -0.2) is 85.4 Å². The molecule has 4 rings (SSSR count). The predicted molar refractivity (Wildman–Crippen MR) is 149 cm³/mol. The summed E-state index contributed by atoms with van der Waals surface area (Å²) in [4.78, 5) is 36.1. The minimum absolute atomic E-state index is 0.0746. The first kappa shape index (κ1) is 30.7. The molecule has 10 nitrogen and oxygen atoms in total. The van der Waals surface area contributed by atoms with Gasteiger partial charge in [-0.15, -0.1) is 0 Å². The Hall–Kier alpha value is -3.79. The van der Waals surface area contributed by atoms with Crippen LogP contribution < -0.4 is 14.2 Å². The zero-order valence-electron chi connectivity index (χ0n) is 23.5. The fourth-order valence-corrected chi connectivity index (χ4v) is 5.42. The summed E-state index contributed by atoms with van der Waals surface area (Å²) in [7, 11) is 4.95. The number of piperidine rings is 2. The van der Waals surface area contributed by atoms with E-state index in [0.29, 0.717) is 23.3 Å². The summed E-state index contributed by atoms with van der Waals surface area (Å²) in [5, 5.41) is 14.8. The van der Waals surface area contributed by atoms with E-state index in [1.165, 1.54) is 5.56 Å². The van der Waals surface area contributed by atoms with E-state index in [1.807, 2.05) is 12.1 Å². The molecular weight excluding hydrogens is 516 g/mol. The van der Waals surface area contributed by atoms with Gasteiger partial charge in [0, 0.05) is 37.8 Å². The van der Waals surface area contributed by atoms with E-state index >= 15 is 0 Å². The van der Waals surface area contributed by atoms with Gasteiger partial charge in [0.1, 0.15) is 5.75 Å². The fourth-order valence-electron chi connectivity index (χ4n) is 5.42. The lowest BCUT2D eigenvalue weighted by Crippen LogP contribution is -2.47. The minimum Gasteiger partial charge on any atom is -0.496 e. The van der Waals surface area contributed by atoms with Crippen molar-refractivity contribution in [2.75, 3.05) is 47.5 Å². The second kappa shape index (κ2) is 15.1. The van der Waals surface area contributed by atoms with E-state index < -0.39 is 11.9 Å². The van der Waals surface area contributed by atoms with Crippen LogP contribution in [0, 0.1) is 11.8 Å². The zero-order valence-corrected chi connectivity index (χ0v) is 23.5. The summed E-state index contributed by atoms with van der Waals surface area (Å²) < 4.78 is 16.5. The van der Waals surface area contributed by atoms with Gasteiger partial charge in [0.05, 0.1) is 27.2 Å². The highest BCUT2D eigenvalue weighted by Crippen LogP contribution is 2.36. The smallest absolute Gasteiger partial charge is 0.414 e. The Morgan fingerprint density at radius 2 is 1.43 bits per heavy atom. The summed E-state index contributed by atoms with van der Waals surface area (Å²) >= 11 is 0. The number of aliphatic carboxylic acids is 2. The molecule has 0 radical (unpaired) electrons. The van der Waals surface area contributed by atoms with Crippen LogP contribution in [0.15, 0.2) is 42.5 Å². The maximum Gasteiger partial charge on any atom is 0.414 e. The molecule has 218 valence electrons. The van der Waals surface area contributed by atoms with Gasteiger partial charge in [0.2, 0.25) is 5.91 Å². The maximum atomic E-state index is 13.4. The second-order valence-electron chi connectivity index (χ2n) is 10.2. The van der Waals surface area contributed by atoms with Crippen LogP contribution >= 0.6 is 0 Å². The number of likely N-dealkylation sites (tertiary alicyclic amines) is 2. The van der Waals surface area contributed by atoms with Crippen molar-refractivity contribution in [1.82, 2.24) is 9.80 Å². The van der Waals surface area contributed by atoms with Crippen molar-refractivity contribution >= 4 is 17.8 Å². The number of amides is 1. The summed E-state index contributed by atoms with van der Waals surface area (Å²) in [5.41, 5.74) is 2.45. The van der Waals surface area contributed by atoms with Gasteiger partial charge in [-0.25, -0.2) is 9.59 Å². The average molecular weight is 557 g/mol. The molecule has 0 bridgehead atoms. The normalized spacial score (nSPS) is 17.8. The van der Waals surface area contributed by atoms with E-state index in [2.05, 4.69) is 40.1 Å². The zero-order chi connectivity index (χ0) is 29.1. The number of nitrogens with zero attached hydrogens (tertiary/aromatic N) is 2. The first-order valence-electron chi connectivity index (χ1n) is 13.6. The lowest BCUT2D eigenvalue weighted by atomic mass is 9.89. The van der Waals surface area contributed by atoms with Gasteiger partial charge in [0.25, 0.3) is 0 Å². The summed E-state index contributed by atoms with van der Waals surface area (Å²) in [6, 6.07) is 14.6. The molecule has 2 heterocycles. The van der Waals surface area contributed by atoms with Crippen molar-refractivity contribution in [3.8, 4) is 17.2 Å². The third kappa shape index (κ3) is 8.61. The van der Waals surface area contributed by atoms with Gasteiger partial charge in [-0.2, -0.15) is 0 Å². The number of rotatable bonds is 8. The van der Waals surface area contributed by atoms with Crippen LogP contribution in [0.4, 0.5) is 0 Å². The van der Waals surface area contributed by atoms with E-state index in [4.69, 9.17) is 34.0 Å². The highest BCUT2D eigenvalue weighted by Gasteiger charge is 2.32. The van der Waals surface area contributed by atoms with Crippen molar-refractivity contribution in [3.05, 3.63) is 53.6 Å². The van der Waals surface area contributed by atoms with E-state index in [1.54, 1.807) is 21.3 Å². The fraction of sp³-hybridized carbons (Fsp3) is 0.500. The molecule has 0 aliphatic carbocycles. The molecule has 2 aliphatic heterocycles. The molecule has 2 fully saturated rings. The first-order valence-corrected chi connectivity index (χ1v) is 13.6. The number of carboxylic acid groups (broad SMARTS) is 2. The van der Waals surface area contributed by atoms with Crippen molar-refractivity contribution in [2.45, 2.75) is 38.6 Å². The number of carbonyl (C=O) groups is 3. The van der Waals surface area contributed by atoms with Gasteiger partial charge in [0.15, 0.2) is 11.5 Å². The number of carbonyl (C=O) groups excluding carboxylic acids is 1. The molecule has 10 heteroatoms. The molecule has 0 spiro atoms. The van der Waals surface area contributed by atoms with Gasteiger partial charge >= 0.3 is 11.9 Å². The Morgan fingerprint density at radius 3 is 2.00 bits per heavy atom. The van der Waals surface area contributed by atoms with Crippen LogP contribution in [0.25, 0.3) is 0 Å². The predicted octanol–water partition coefficient (Wildman–Crippen LogP) is 3.56. The number of carboxylic acids is 2. The molecule has 0 aromatic heterocycles. The van der Waals surface area contributed by atoms with E-state index in [-0.39, 0.29) is 5.92 Å². The van der Waals surface area contributed by atoms with Crippen molar-refractivity contribution in [3.63, 3.8) is 0 Å². The van der Waals surface area contributed by atoms with Crippen LogP contribution in [0.2, 0.25) is 0 Å². The summed E-state index contributed by atoms with van der Waals surface area (Å²) in [6.45, 7) is 4.28. The first-order chi connectivity index (χ1) is 19.2. The number of hydrogen-bond donors (Lipinski definition) is 2. The Labute approximate surface area is 235 Å². The third-order valence-corrected chi connectivity index (χ3v) is 7.51. The largest absolute Gasteiger partial charge is 0.496 e. The molecule has 0 saturated carbocycles. The van der Waals surface area contributed by atoms with E-state index in [0.717, 1.165) is 76.1 Å². The van der Waals surface area contributed by atoms with Crippen LogP contribution in [-0.2, 0) is 27.3 Å². The molecule has 2 aromatic carbocycles.